The zero-order valence-corrected chi connectivity index (χ0v) is 18.5. The SMILES string of the molecule is COc1cccc(NC(=O)CN(C)C(=O)CN(CCc2ccccc2)C2CCCC2)c1. The van der Waals surface area contributed by atoms with E-state index in [-0.39, 0.29) is 18.4 Å². The molecule has 1 fully saturated rings. The summed E-state index contributed by atoms with van der Waals surface area (Å²) in [5.74, 6) is 0.425. The zero-order chi connectivity index (χ0) is 22.1. The summed E-state index contributed by atoms with van der Waals surface area (Å²) in [7, 11) is 3.28. The predicted molar refractivity (Wildman–Crippen MR) is 123 cm³/mol. The quantitative estimate of drug-likeness (QED) is 0.635. The lowest BCUT2D eigenvalue weighted by Crippen LogP contribution is -2.45. The van der Waals surface area contributed by atoms with E-state index in [2.05, 4.69) is 34.5 Å². The van der Waals surface area contributed by atoms with Gasteiger partial charge in [0.15, 0.2) is 0 Å². The molecule has 6 nitrogen and oxygen atoms in total. The highest BCUT2D eigenvalue weighted by atomic mass is 16.5. The van der Waals surface area contributed by atoms with Crippen molar-refractivity contribution in [2.75, 3.05) is 39.1 Å². The van der Waals surface area contributed by atoms with Crippen LogP contribution < -0.4 is 10.1 Å². The van der Waals surface area contributed by atoms with E-state index in [9.17, 15) is 9.59 Å². The van der Waals surface area contributed by atoms with Crippen molar-refractivity contribution >= 4 is 17.5 Å². The fourth-order valence-electron chi connectivity index (χ4n) is 4.08. The van der Waals surface area contributed by atoms with Crippen LogP contribution in [0.25, 0.3) is 0 Å². The zero-order valence-electron chi connectivity index (χ0n) is 18.5. The second kappa shape index (κ2) is 11.5. The van der Waals surface area contributed by atoms with Gasteiger partial charge in [0.1, 0.15) is 5.75 Å². The number of carbonyl (C=O) groups is 2. The molecule has 0 aromatic heterocycles. The third kappa shape index (κ3) is 7.10. The molecule has 166 valence electrons. The maximum absolute atomic E-state index is 12.9. The Balaban J connectivity index is 1.53. The van der Waals surface area contributed by atoms with E-state index in [1.807, 2.05) is 18.2 Å². The normalized spacial score (nSPS) is 13.9. The summed E-state index contributed by atoms with van der Waals surface area (Å²) in [5.41, 5.74) is 1.93. The highest BCUT2D eigenvalue weighted by Gasteiger charge is 2.25. The van der Waals surface area contributed by atoms with Gasteiger partial charge in [-0.1, -0.05) is 49.2 Å². The third-order valence-corrected chi connectivity index (χ3v) is 5.87. The predicted octanol–water partition coefficient (Wildman–Crippen LogP) is 3.58. The smallest absolute Gasteiger partial charge is 0.243 e. The molecule has 0 aliphatic heterocycles. The van der Waals surface area contributed by atoms with Crippen LogP contribution in [0.1, 0.15) is 31.2 Å². The van der Waals surface area contributed by atoms with Crippen LogP contribution >= 0.6 is 0 Å². The van der Waals surface area contributed by atoms with Crippen molar-refractivity contribution in [2.24, 2.45) is 0 Å². The number of methoxy groups -OCH3 is 1. The highest BCUT2D eigenvalue weighted by molar-refractivity contribution is 5.94. The summed E-state index contributed by atoms with van der Waals surface area (Å²) in [6.07, 6.45) is 5.65. The summed E-state index contributed by atoms with van der Waals surface area (Å²) < 4.78 is 5.18. The number of nitrogens with one attached hydrogen (secondary N) is 1. The topological polar surface area (TPSA) is 61.9 Å². The average molecular weight is 424 g/mol. The van der Waals surface area contributed by atoms with Crippen molar-refractivity contribution in [2.45, 2.75) is 38.1 Å². The first-order valence-electron chi connectivity index (χ1n) is 11.0. The largest absolute Gasteiger partial charge is 0.497 e. The second-order valence-electron chi connectivity index (χ2n) is 8.17. The molecule has 0 radical (unpaired) electrons. The number of nitrogens with zero attached hydrogens (tertiary/aromatic N) is 2. The van der Waals surface area contributed by atoms with E-state index in [1.54, 1.807) is 26.3 Å². The molecule has 2 aromatic carbocycles. The van der Waals surface area contributed by atoms with Crippen molar-refractivity contribution in [3.05, 3.63) is 60.2 Å². The molecule has 6 heteroatoms. The van der Waals surface area contributed by atoms with Gasteiger partial charge in [-0.15, -0.1) is 0 Å². The highest BCUT2D eigenvalue weighted by Crippen LogP contribution is 2.24. The Bertz CT molecular complexity index is 850. The van der Waals surface area contributed by atoms with Crippen molar-refractivity contribution in [3.8, 4) is 5.75 Å². The summed E-state index contributed by atoms with van der Waals surface area (Å²) in [6, 6.07) is 18.0. The van der Waals surface area contributed by atoms with Gasteiger partial charge >= 0.3 is 0 Å². The van der Waals surface area contributed by atoms with Gasteiger partial charge in [-0.2, -0.15) is 0 Å². The molecule has 0 spiro atoms. The molecular formula is C25H33N3O3. The van der Waals surface area contributed by atoms with E-state index >= 15 is 0 Å². The van der Waals surface area contributed by atoms with E-state index < -0.39 is 0 Å². The van der Waals surface area contributed by atoms with Crippen LogP contribution in [0.15, 0.2) is 54.6 Å². The van der Waals surface area contributed by atoms with E-state index in [1.165, 1.54) is 23.3 Å². The maximum atomic E-state index is 12.9. The Morgan fingerprint density at radius 3 is 2.48 bits per heavy atom. The Hall–Kier alpha value is -2.86. The van der Waals surface area contributed by atoms with Gasteiger partial charge in [0.25, 0.3) is 0 Å². The summed E-state index contributed by atoms with van der Waals surface area (Å²) in [4.78, 5) is 29.1. The van der Waals surface area contributed by atoms with Crippen molar-refractivity contribution in [3.63, 3.8) is 0 Å². The van der Waals surface area contributed by atoms with Gasteiger partial charge in [0.05, 0.1) is 20.2 Å². The molecule has 0 saturated heterocycles. The number of amides is 2. The van der Waals surface area contributed by atoms with Crippen LogP contribution in [-0.2, 0) is 16.0 Å². The van der Waals surface area contributed by atoms with Gasteiger partial charge in [0, 0.05) is 31.4 Å². The number of carbonyl (C=O) groups excluding carboxylic acids is 2. The lowest BCUT2D eigenvalue weighted by atomic mass is 10.1. The van der Waals surface area contributed by atoms with Crippen LogP contribution in [0.2, 0.25) is 0 Å². The number of ether oxygens (including phenoxy) is 1. The van der Waals surface area contributed by atoms with Gasteiger partial charge in [0.2, 0.25) is 11.8 Å². The molecule has 0 bridgehead atoms. The first-order chi connectivity index (χ1) is 15.0. The minimum absolute atomic E-state index is 0.0211. The average Bonchev–Trinajstić information content (AvgIpc) is 3.32. The van der Waals surface area contributed by atoms with Crippen molar-refractivity contribution < 1.29 is 14.3 Å². The number of rotatable bonds is 10. The van der Waals surface area contributed by atoms with E-state index in [0.29, 0.717) is 24.0 Å². The second-order valence-corrected chi connectivity index (χ2v) is 8.17. The van der Waals surface area contributed by atoms with E-state index in [0.717, 1.165) is 25.8 Å². The Morgan fingerprint density at radius 1 is 1.03 bits per heavy atom. The summed E-state index contributed by atoms with van der Waals surface area (Å²) in [5, 5.41) is 2.83. The van der Waals surface area contributed by atoms with Crippen LogP contribution in [-0.4, -0.2) is 61.4 Å². The summed E-state index contributed by atoms with van der Waals surface area (Å²) >= 11 is 0. The van der Waals surface area contributed by atoms with Gasteiger partial charge in [-0.25, -0.2) is 0 Å². The third-order valence-electron chi connectivity index (χ3n) is 5.87. The minimum Gasteiger partial charge on any atom is -0.497 e. The Kier molecular flexibility index (Phi) is 8.47. The standard InChI is InChI=1S/C25H33N3O3/c1-27(18-24(29)26-21-11-8-14-23(17-21)31-2)25(30)19-28(22-12-6-7-13-22)16-15-20-9-4-3-5-10-20/h3-5,8-11,14,17,22H,6-7,12-13,15-16,18-19H2,1-2H3,(H,26,29). The fourth-order valence-corrected chi connectivity index (χ4v) is 4.08. The molecule has 2 amide bonds. The molecule has 1 aliphatic rings. The first kappa shape index (κ1) is 22.8. The van der Waals surface area contributed by atoms with Crippen LogP contribution in [0, 0.1) is 0 Å². The molecule has 2 aromatic rings. The van der Waals surface area contributed by atoms with Crippen molar-refractivity contribution in [1.82, 2.24) is 9.80 Å². The fraction of sp³-hybridized carbons (Fsp3) is 0.440. The number of benzene rings is 2. The molecule has 31 heavy (non-hydrogen) atoms. The van der Waals surface area contributed by atoms with E-state index in [4.69, 9.17) is 4.74 Å². The first-order valence-corrected chi connectivity index (χ1v) is 11.0. The maximum Gasteiger partial charge on any atom is 0.243 e. The molecule has 1 N–H and O–H groups in total. The monoisotopic (exact) mass is 423 g/mol. The minimum atomic E-state index is -0.221. The number of likely N-dealkylation sites (N-methyl/N-ethyl adjacent to an activating group) is 1. The lowest BCUT2D eigenvalue weighted by Gasteiger charge is -2.30. The Morgan fingerprint density at radius 2 is 1.77 bits per heavy atom. The van der Waals surface area contributed by atoms with Crippen LogP contribution in [0.4, 0.5) is 5.69 Å². The number of hydrogen-bond donors (Lipinski definition) is 1. The van der Waals surface area contributed by atoms with Gasteiger partial charge in [-0.05, 0) is 37.0 Å². The molecule has 0 atom stereocenters. The van der Waals surface area contributed by atoms with Crippen molar-refractivity contribution in [1.29, 1.82) is 0 Å². The summed E-state index contributed by atoms with van der Waals surface area (Å²) in [6.45, 7) is 1.22. The van der Waals surface area contributed by atoms with Crippen LogP contribution in [0.3, 0.4) is 0 Å². The Labute approximate surface area is 185 Å². The van der Waals surface area contributed by atoms with Gasteiger partial charge in [-0.3, -0.25) is 14.5 Å². The molecule has 1 saturated carbocycles. The molecule has 3 rings (SSSR count). The molecular weight excluding hydrogens is 390 g/mol. The number of hydrogen-bond acceptors (Lipinski definition) is 4. The molecule has 1 aliphatic carbocycles. The molecule has 0 unspecified atom stereocenters. The molecule has 0 heterocycles. The number of anilines is 1. The lowest BCUT2D eigenvalue weighted by molar-refractivity contribution is -0.134. The van der Waals surface area contributed by atoms with Crippen LogP contribution in [0.5, 0.6) is 5.75 Å². The van der Waals surface area contributed by atoms with Gasteiger partial charge < -0.3 is 15.0 Å².